The van der Waals surface area contributed by atoms with Crippen LogP contribution >= 0.6 is 44.7 Å². The third kappa shape index (κ3) is 4.20. The molecule has 0 saturated carbocycles. The maximum Gasteiger partial charge on any atom is 0.121 e. The zero-order valence-corrected chi connectivity index (χ0v) is 17.6. The van der Waals surface area contributed by atoms with Gasteiger partial charge in [-0.25, -0.2) is 0 Å². The van der Waals surface area contributed by atoms with Crippen LogP contribution in [0.25, 0.3) is 20.9 Å². The van der Waals surface area contributed by atoms with Crippen LogP contribution in [-0.2, 0) is 0 Å². The van der Waals surface area contributed by atoms with Crippen molar-refractivity contribution in [2.24, 2.45) is 0 Å². The van der Waals surface area contributed by atoms with E-state index in [0.717, 1.165) is 10.1 Å². The molecule has 4 rings (SSSR count). The van der Waals surface area contributed by atoms with Gasteiger partial charge in [0.25, 0.3) is 0 Å². The van der Waals surface area contributed by atoms with Crippen LogP contribution in [0, 0.1) is 13.8 Å². The van der Waals surface area contributed by atoms with Gasteiger partial charge in [0.05, 0.1) is 9.75 Å². The van der Waals surface area contributed by atoms with Gasteiger partial charge in [0, 0.05) is 0 Å². The molecule has 0 unspecified atom stereocenters. The van der Waals surface area contributed by atoms with Gasteiger partial charge < -0.3 is 0 Å². The van der Waals surface area contributed by atoms with Gasteiger partial charge in [-0.15, -0.1) is 0 Å². The normalized spacial score (nSPS) is 11.0. The molecule has 6 heteroatoms. The molecule has 0 spiro atoms. The van der Waals surface area contributed by atoms with Gasteiger partial charge in [-0.05, 0) is 81.8 Å². The fourth-order valence-electron chi connectivity index (χ4n) is 2.39. The number of hydrogen-bond donors (Lipinski definition) is 0. The molecule has 0 saturated heterocycles. The van der Waals surface area contributed by atoms with Crippen LogP contribution in [-0.4, -0.2) is 8.75 Å². The van der Waals surface area contributed by atoms with E-state index < -0.39 is 0 Å². The van der Waals surface area contributed by atoms with Crippen molar-refractivity contribution in [1.29, 1.82) is 0 Å². The Kier molecular flexibility index (Phi) is 5.45. The number of nitrogens with zero attached hydrogens (tertiary/aromatic N) is 2. The Labute approximate surface area is 169 Å². The molecule has 0 N–H and O–H groups in total. The van der Waals surface area contributed by atoms with Crippen molar-refractivity contribution in [3.63, 3.8) is 0 Å². The molecule has 0 radical (unpaired) electrons. The molecule has 0 aliphatic heterocycles. The van der Waals surface area contributed by atoms with Gasteiger partial charge in [-0.2, -0.15) is 8.75 Å². The zero-order valence-electron chi connectivity index (χ0n) is 14.3. The summed E-state index contributed by atoms with van der Waals surface area (Å²) in [5, 5.41) is 2.06. The van der Waals surface area contributed by atoms with Gasteiger partial charge >= 0.3 is 0 Å². The quantitative estimate of drug-likeness (QED) is 0.320. The fraction of sp³-hybridized carbons (Fsp3) is 0.100. The largest absolute Gasteiger partial charge is 0.185 e. The highest BCUT2D eigenvalue weighted by Crippen LogP contribution is 2.41. The lowest BCUT2D eigenvalue weighted by Crippen LogP contribution is -1.73. The number of aryl methyl sites for hydroxylation is 2. The van der Waals surface area contributed by atoms with Gasteiger partial charge in [-0.3, -0.25) is 0 Å². The lowest BCUT2D eigenvalue weighted by atomic mass is 10.1. The second-order valence-corrected chi connectivity index (χ2v) is 9.74. The molecule has 2 nitrogen and oxygen atoms in total. The predicted octanol–water partition coefficient (Wildman–Crippen LogP) is 7.35. The molecule has 2 heterocycles. The topological polar surface area (TPSA) is 25.8 Å². The van der Waals surface area contributed by atoms with Crippen molar-refractivity contribution in [2.45, 2.75) is 23.9 Å². The maximum absolute atomic E-state index is 4.56. The van der Waals surface area contributed by atoms with Gasteiger partial charge in [-0.1, -0.05) is 59.7 Å². The first kappa shape index (κ1) is 17.8. The standard InChI is InChI=1S/C20H16N2S4/c1-13-3-7-15(8-4-13)17-11-19(21-23-17)25-26-20-12-18(24-22-20)16-9-5-14(2)6-10-16/h3-12H,1-2H3. The fourth-order valence-corrected chi connectivity index (χ4v) is 6.15. The number of aromatic nitrogens is 2. The summed E-state index contributed by atoms with van der Waals surface area (Å²) in [5.74, 6) is 0. The Hall–Kier alpha value is -1.60. The number of hydrogen-bond acceptors (Lipinski definition) is 6. The van der Waals surface area contributed by atoms with Crippen molar-refractivity contribution in [3.05, 3.63) is 71.8 Å². The summed E-state index contributed by atoms with van der Waals surface area (Å²) in [4.78, 5) is 2.40. The van der Waals surface area contributed by atoms with E-state index in [2.05, 4.69) is 83.3 Å². The molecule has 0 aliphatic carbocycles. The molecule has 2 aromatic heterocycles. The van der Waals surface area contributed by atoms with Crippen LogP contribution < -0.4 is 0 Å². The SMILES string of the molecule is Cc1ccc(-c2cc(SSc3cc(-c4ccc(C)cc4)sn3)ns2)cc1. The zero-order chi connectivity index (χ0) is 17.9. The molecule has 26 heavy (non-hydrogen) atoms. The van der Waals surface area contributed by atoms with E-state index in [1.54, 1.807) is 44.7 Å². The second kappa shape index (κ2) is 7.96. The van der Waals surface area contributed by atoms with E-state index in [1.165, 1.54) is 32.0 Å². The second-order valence-electron chi connectivity index (χ2n) is 5.96. The highest BCUT2D eigenvalue weighted by atomic mass is 33.1. The average Bonchev–Trinajstić information content (AvgIpc) is 3.31. The Balaban J connectivity index is 1.42. The van der Waals surface area contributed by atoms with Crippen molar-refractivity contribution < 1.29 is 0 Å². The minimum Gasteiger partial charge on any atom is -0.185 e. The monoisotopic (exact) mass is 412 g/mol. The molecule has 0 bridgehead atoms. The highest BCUT2D eigenvalue weighted by Gasteiger charge is 2.09. The van der Waals surface area contributed by atoms with Crippen LogP contribution in [0.4, 0.5) is 0 Å². The van der Waals surface area contributed by atoms with Gasteiger partial charge in [0.15, 0.2) is 0 Å². The number of rotatable bonds is 5. The summed E-state index contributed by atoms with van der Waals surface area (Å²) in [6.07, 6.45) is 0. The van der Waals surface area contributed by atoms with Crippen molar-refractivity contribution in [1.82, 2.24) is 8.75 Å². The van der Waals surface area contributed by atoms with E-state index in [0.29, 0.717) is 0 Å². The summed E-state index contributed by atoms with van der Waals surface area (Å²) in [6, 6.07) is 21.5. The van der Waals surface area contributed by atoms with Crippen LogP contribution in [0.15, 0.2) is 70.7 Å². The Morgan fingerprint density at radius 3 is 1.38 bits per heavy atom. The third-order valence-corrected chi connectivity index (χ3v) is 7.89. The van der Waals surface area contributed by atoms with Crippen molar-refractivity contribution in [3.8, 4) is 20.9 Å². The van der Waals surface area contributed by atoms with Crippen LogP contribution in [0.5, 0.6) is 0 Å². The molecular weight excluding hydrogens is 397 g/mol. The number of benzene rings is 2. The maximum atomic E-state index is 4.56. The molecule has 0 atom stereocenters. The average molecular weight is 413 g/mol. The van der Waals surface area contributed by atoms with Crippen LogP contribution in [0.3, 0.4) is 0 Å². The first-order chi connectivity index (χ1) is 12.7. The Morgan fingerprint density at radius 1 is 0.615 bits per heavy atom. The Bertz CT molecular complexity index is 917. The van der Waals surface area contributed by atoms with E-state index in [1.807, 2.05) is 0 Å². The summed E-state index contributed by atoms with van der Waals surface area (Å²) < 4.78 is 9.13. The minimum absolute atomic E-state index is 1.03. The van der Waals surface area contributed by atoms with Gasteiger partial charge in [0.1, 0.15) is 10.1 Å². The molecule has 4 aromatic rings. The summed E-state index contributed by atoms with van der Waals surface area (Å²) >= 11 is 3.09. The third-order valence-electron chi connectivity index (χ3n) is 3.86. The smallest absolute Gasteiger partial charge is 0.121 e. The van der Waals surface area contributed by atoms with Gasteiger partial charge in [0.2, 0.25) is 0 Å². The highest BCUT2D eigenvalue weighted by molar-refractivity contribution is 8.76. The van der Waals surface area contributed by atoms with Crippen molar-refractivity contribution in [2.75, 3.05) is 0 Å². The lowest BCUT2D eigenvalue weighted by molar-refractivity contribution is 1.29. The first-order valence-electron chi connectivity index (χ1n) is 8.09. The summed E-state index contributed by atoms with van der Waals surface area (Å²) in [6.45, 7) is 4.21. The lowest BCUT2D eigenvalue weighted by Gasteiger charge is -1.97. The molecule has 0 fully saturated rings. The predicted molar refractivity (Wildman–Crippen MR) is 116 cm³/mol. The molecule has 0 aliphatic rings. The Morgan fingerprint density at radius 2 is 1.00 bits per heavy atom. The van der Waals surface area contributed by atoms with Crippen LogP contribution in [0.2, 0.25) is 0 Å². The molecule has 0 amide bonds. The summed E-state index contributed by atoms with van der Waals surface area (Å²) in [5.41, 5.74) is 4.99. The molecular formula is C20H16N2S4. The van der Waals surface area contributed by atoms with E-state index >= 15 is 0 Å². The molecule has 130 valence electrons. The summed E-state index contributed by atoms with van der Waals surface area (Å²) in [7, 11) is 3.33. The molecule has 2 aromatic carbocycles. The van der Waals surface area contributed by atoms with E-state index in [-0.39, 0.29) is 0 Å². The van der Waals surface area contributed by atoms with Crippen molar-refractivity contribution >= 4 is 44.7 Å². The van der Waals surface area contributed by atoms with Crippen LogP contribution in [0.1, 0.15) is 11.1 Å². The van der Waals surface area contributed by atoms with E-state index in [9.17, 15) is 0 Å². The van der Waals surface area contributed by atoms with E-state index in [4.69, 9.17) is 0 Å². The minimum atomic E-state index is 1.03. The first-order valence-corrected chi connectivity index (χ1v) is 11.8.